The molecule has 6 heteroatoms. The van der Waals surface area contributed by atoms with Crippen molar-refractivity contribution >= 4 is 5.69 Å². The quantitative estimate of drug-likeness (QED) is 0.665. The molecule has 0 amide bonds. The van der Waals surface area contributed by atoms with Gasteiger partial charge in [0.2, 0.25) is 0 Å². The number of benzene rings is 1. The Balaban J connectivity index is 2.13. The molecule has 0 bridgehead atoms. The van der Waals surface area contributed by atoms with E-state index in [1.54, 1.807) is 0 Å². The summed E-state index contributed by atoms with van der Waals surface area (Å²) in [5.41, 5.74) is 0.400. The largest absolute Gasteiger partial charge is 0.396 e. The Morgan fingerprint density at radius 2 is 2.20 bits per heavy atom. The van der Waals surface area contributed by atoms with Crippen LogP contribution in [-0.2, 0) is 6.54 Å². The molecule has 1 heterocycles. The SMILES string of the molecule is O=[N+]([O-])c1cc(F)cc(CN2CCCCC2CCO)c1. The van der Waals surface area contributed by atoms with Crippen molar-refractivity contribution in [3.63, 3.8) is 0 Å². The van der Waals surface area contributed by atoms with E-state index in [-0.39, 0.29) is 18.3 Å². The highest BCUT2D eigenvalue weighted by Gasteiger charge is 2.22. The molecule has 5 nitrogen and oxygen atoms in total. The topological polar surface area (TPSA) is 66.6 Å². The summed E-state index contributed by atoms with van der Waals surface area (Å²) in [5.74, 6) is -0.579. The molecule has 0 aliphatic carbocycles. The number of nitro groups is 1. The van der Waals surface area contributed by atoms with E-state index < -0.39 is 10.7 Å². The fraction of sp³-hybridized carbons (Fsp3) is 0.571. The standard InChI is InChI=1S/C14H19FN2O3/c15-12-7-11(8-14(9-12)17(19)20)10-16-5-2-1-3-13(16)4-6-18/h7-9,13,18H,1-6,10H2. The number of nitrogens with zero attached hydrogens (tertiary/aromatic N) is 2. The second-order valence-corrected chi connectivity index (χ2v) is 5.21. The summed E-state index contributed by atoms with van der Waals surface area (Å²) in [5, 5.41) is 19.8. The normalized spacial score (nSPS) is 20.0. The van der Waals surface area contributed by atoms with E-state index >= 15 is 0 Å². The Hall–Kier alpha value is -1.53. The first kappa shape index (κ1) is 14.9. The molecule has 1 aromatic rings. The Labute approximate surface area is 117 Å². The molecule has 1 aliphatic heterocycles. The molecule has 2 rings (SSSR count). The molecule has 1 unspecified atom stereocenters. The lowest BCUT2D eigenvalue weighted by molar-refractivity contribution is -0.385. The summed E-state index contributed by atoms with van der Waals surface area (Å²) >= 11 is 0. The zero-order valence-corrected chi connectivity index (χ0v) is 11.3. The van der Waals surface area contributed by atoms with E-state index in [1.165, 1.54) is 12.1 Å². The number of hydrogen-bond acceptors (Lipinski definition) is 4. The number of piperidine rings is 1. The molecule has 1 saturated heterocycles. The van der Waals surface area contributed by atoms with E-state index in [9.17, 15) is 14.5 Å². The van der Waals surface area contributed by atoms with E-state index in [4.69, 9.17) is 5.11 Å². The second kappa shape index (κ2) is 6.76. The number of likely N-dealkylation sites (tertiary alicyclic amines) is 1. The minimum atomic E-state index is -0.579. The lowest BCUT2D eigenvalue weighted by atomic mass is 9.98. The van der Waals surface area contributed by atoms with Gasteiger partial charge in [0, 0.05) is 25.3 Å². The van der Waals surface area contributed by atoms with E-state index in [0.717, 1.165) is 31.9 Å². The van der Waals surface area contributed by atoms with Gasteiger partial charge in [0.25, 0.3) is 5.69 Å². The van der Waals surface area contributed by atoms with Gasteiger partial charge >= 0.3 is 0 Å². The average molecular weight is 282 g/mol. The fourth-order valence-corrected chi connectivity index (χ4v) is 2.81. The van der Waals surface area contributed by atoms with Gasteiger partial charge in [-0.3, -0.25) is 15.0 Å². The molecule has 110 valence electrons. The van der Waals surface area contributed by atoms with Crippen LogP contribution in [0.15, 0.2) is 18.2 Å². The first-order valence-corrected chi connectivity index (χ1v) is 6.89. The Morgan fingerprint density at radius 3 is 2.90 bits per heavy atom. The van der Waals surface area contributed by atoms with Gasteiger partial charge in [0.15, 0.2) is 0 Å². The maximum Gasteiger partial charge on any atom is 0.272 e. The molecule has 0 saturated carbocycles. The van der Waals surface area contributed by atoms with E-state index in [0.29, 0.717) is 18.5 Å². The smallest absolute Gasteiger partial charge is 0.272 e. The van der Waals surface area contributed by atoms with Gasteiger partial charge in [0.1, 0.15) is 5.82 Å². The number of halogens is 1. The molecule has 20 heavy (non-hydrogen) atoms. The molecule has 1 atom stereocenters. The lowest BCUT2D eigenvalue weighted by Crippen LogP contribution is -2.39. The first-order valence-electron chi connectivity index (χ1n) is 6.89. The molecule has 0 radical (unpaired) electrons. The summed E-state index contributed by atoms with van der Waals surface area (Å²) in [6.45, 7) is 1.50. The van der Waals surface area contributed by atoms with Crippen LogP contribution < -0.4 is 0 Å². The van der Waals surface area contributed by atoms with E-state index in [2.05, 4.69) is 4.90 Å². The average Bonchev–Trinajstić information content (AvgIpc) is 2.40. The molecular formula is C14H19FN2O3. The Morgan fingerprint density at radius 1 is 1.40 bits per heavy atom. The zero-order chi connectivity index (χ0) is 14.5. The summed E-state index contributed by atoms with van der Waals surface area (Å²) < 4.78 is 13.4. The van der Waals surface area contributed by atoms with Crippen LogP contribution in [0.4, 0.5) is 10.1 Å². The van der Waals surface area contributed by atoms with Crippen molar-refractivity contribution in [1.29, 1.82) is 0 Å². The molecule has 1 aromatic carbocycles. The minimum Gasteiger partial charge on any atom is -0.396 e. The molecule has 0 aromatic heterocycles. The lowest BCUT2D eigenvalue weighted by Gasteiger charge is -2.35. The van der Waals surface area contributed by atoms with E-state index in [1.807, 2.05) is 0 Å². The maximum atomic E-state index is 13.4. The van der Waals surface area contributed by atoms with Gasteiger partial charge in [-0.15, -0.1) is 0 Å². The van der Waals surface area contributed by atoms with Crippen LogP contribution in [-0.4, -0.2) is 34.1 Å². The molecule has 0 spiro atoms. The molecule has 1 aliphatic rings. The highest BCUT2D eigenvalue weighted by Crippen LogP contribution is 2.24. The summed E-state index contributed by atoms with van der Waals surface area (Å²) in [6.07, 6.45) is 3.90. The number of nitro benzene ring substituents is 1. The van der Waals surface area contributed by atoms with Crippen LogP contribution in [0.2, 0.25) is 0 Å². The van der Waals surface area contributed by atoms with Gasteiger partial charge < -0.3 is 5.11 Å². The van der Waals surface area contributed by atoms with Crippen molar-refractivity contribution in [2.24, 2.45) is 0 Å². The van der Waals surface area contributed by atoms with Crippen LogP contribution in [0.3, 0.4) is 0 Å². The number of hydrogen-bond donors (Lipinski definition) is 1. The molecule has 1 fully saturated rings. The fourth-order valence-electron chi connectivity index (χ4n) is 2.81. The highest BCUT2D eigenvalue weighted by atomic mass is 19.1. The number of non-ortho nitro benzene ring substituents is 1. The van der Waals surface area contributed by atoms with Crippen molar-refractivity contribution in [1.82, 2.24) is 4.90 Å². The predicted molar refractivity (Wildman–Crippen MR) is 72.8 cm³/mol. The Kier molecular flexibility index (Phi) is 5.03. The second-order valence-electron chi connectivity index (χ2n) is 5.21. The third kappa shape index (κ3) is 3.74. The summed E-state index contributed by atoms with van der Waals surface area (Å²) in [6, 6.07) is 3.98. The predicted octanol–water partition coefficient (Wildman–Crippen LogP) is 2.47. The van der Waals surface area contributed by atoms with Crippen LogP contribution in [0.5, 0.6) is 0 Å². The minimum absolute atomic E-state index is 0.129. The number of aliphatic hydroxyl groups is 1. The van der Waals surface area contributed by atoms with Crippen LogP contribution in [0.1, 0.15) is 31.2 Å². The van der Waals surface area contributed by atoms with Crippen molar-refractivity contribution in [2.45, 2.75) is 38.3 Å². The summed E-state index contributed by atoms with van der Waals surface area (Å²) in [4.78, 5) is 12.4. The van der Waals surface area contributed by atoms with Crippen molar-refractivity contribution in [3.8, 4) is 0 Å². The summed E-state index contributed by atoms with van der Waals surface area (Å²) in [7, 11) is 0. The monoisotopic (exact) mass is 282 g/mol. The van der Waals surface area contributed by atoms with Crippen molar-refractivity contribution < 1.29 is 14.4 Å². The van der Waals surface area contributed by atoms with Crippen molar-refractivity contribution in [3.05, 3.63) is 39.7 Å². The van der Waals surface area contributed by atoms with Gasteiger partial charge in [-0.2, -0.15) is 0 Å². The zero-order valence-electron chi connectivity index (χ0n) is 11.3. The van der Waals surface area contributed by atoms with Gasteiger partial charge in [-0.1, -0.05) is 6.42 Å². The van der Waals surface area contributed by atoms with Crippen molar-refractivity contribution in [2.75, 3.05) is 13.2 Å². The third-order valence-electron chi connectivity index (χ3n) is 3.75. The number of rotatable bonds is 5. The molecule has 1 N–H and O–H groups in total. The number of aliphatic hydroxyl groups excluding tert-OH is 1. The van der Waals surface area contributed by atoms with Crippen LogP contribution in [0.25, 0.3) is 0 Å². The molecular weight excluding hydrogens is 263 g/mol. The van der Waals surface area contributed by atoms with Gasteiger partial charge in [-0.25, -0.2) is 4.39 Å². The third-order valence-corrected chi connectivity index (χ3v) is 3.75. The maximum absolute atomic E-state index is 13.4. The highest BCUT2D eigenvalue weighted by molar-refractivity contribution is 5.35. The van der Waals surface area contributed by atoms with Gasteiger partial charge in [-0.05, 0) is 37.4 Å². The van der Waals surface area contributed by atoms with Crippen LogP contribution in [0, 0.1) is 15.9 Å². The van der Waals surface area contributed by atoms with Crippen LogP contribution >= 0.6 is 0 Å². The van der Waals surface area contributed by atoms with Gasteiger partial charge in [0.05, 0.1) is 11.0 Å². The first-order chi connectivity index (χ1) is 9.60. The Bertz CT molecular complexity index is 479.